The first-order chi connectivity index (χ1) is 13.5. The van der Waals surface area contributed by atoms with Crippen molar-refractivity contribution >= 4 is 28.8 Å². The van der Waals surface area contributed by atoms with Crippen LogP contribution in [-0.2, 0) is 0 Å². The number of nitrogens with zero attached hydrogens (tertiary/aromatic N) is 2. The number of hydrazone groups is 1. The lowest BCUT2D eigenvalue weighted by Crippen LogP contribution is -2.16. The molecule has 8 heteroatoms. The molecule has 0 bridgehead atoms. The van der Waals surface area contributed by atoms with E-state index in [9.17, 15) is 14.9 Å². The third-order valence-corrected chi connectivity index (χ3v) is 4.11. The van der Waals surface area contributed by atoms with Crippen molar-refractivity contribution in [3.63, 3.8) is 0 Å². The maximum absolute atomic E-state index is 12.2. The molecule has 1 aromatic heterocycles. The minimum Gasteiger partial charge on any atom is -0.491 e. The molecule has 8 nitrogen and oxygen atoms in total. The molecule has 3 rings (SSSR count). The van der Waals surface area contributed by atoms with Crippen LogP contribution in [0.2, 0.25) is 0 Å². The molecule has 1 N–H and O–H groups in total. The number of nitro groups is 1. The van der Waals surface area contributed by atoms with Crippen LogP contribution in [0.3, 0.4) is 0 Å². The Kier molecular flexibility index (Phi) is 5.69. The molecule has 1 atom stereocenters. The minimum absolute atomic E-state index is 0.0185. The van der Waals surface area contributed by atoms with Crippen LogP contribution in [0.4, 0.5) is 5.69 Å². The predicted octanol–water partition coefficient (Wildman–Crippen LogP) is 4.28. The molecule has 28 heavy (non-hydrogen) atoms. The molecule has 0 unspecified atom stereocenters. The normalized spacial score (nSPS) is 12.2. The molecule has 0 radical (unpaired) electrons. The third kappa shape index (κ3) is 4.53. The molecule has 0 fully saturated rings. The van der Waals surface area contributed by atoms with Crippen molar-refractivity contribution in [1.29, 1.82) is 0 Å². The maximum Gasteiger partial charge on any atom is 0.307 e. The number of non-ortho nitro benzene ring substituents is 1. The van der Waals surface area contributed by atoms with Crippen LogP contribution >= 0.6 is 0 Å². The monoisotopic (exact) mass is 381 g/mol. The van der Waals surface area contributed by atoms with Gasteiger partial charge in [0.05, 0.1) is 17.2 Å². The highest BCUT2D eigenvalue weighted by Crippen LogP contribution is 2.24. The maximum atomic E-state index is 12.2. The number of amides is 1. The molecule has 0 saturated carbocycles. The number of hydrogen-bond donors (Lipinski definition) is 1. The molecule has 144 valence electrons. The zero-order chi connectivity index (χ0) is 20.1. The van der Waals surface area contributed by atoms with Gasteiger partial charge in [0.2, 0.25) is 0 Å². The molecule has 1 heterocycles. The Morgan fingerprint density at radius 1 is 1.29 bits per heavy atom. The summed E-state index contributed by atoms with van der Waals surface area (Å²) in [5, 5.41) is 15.2. The van der Waals surface area contributed by atoms with E-state index in [-0.39, 0.29) is 17.6 Å². The fraction of sp³-hybridized carbons (Fsp3) is 0.200. The summed E-state index contributed by atoms with van der Waals surface area (Å²) < 4.78 is 11.1. The first-order valence-electron chi connectivity index (χ1n) is 8.74. The highest BCUT2D eigenvalue weighted by molar-refractivity contribution is 5.97. The Labute approximate surface area is 160 Å². The van der Waals surface area contributed by atoms with E-state index in [0.717, 1.165) is 17.7 Å². The number of benzene rings is 2. The Hall–Kier alpha value is -3.68. The van der Waals surface area contributed by atoms with Gasteiger partial charge >= 0.3 is 5.91 Å². The predicted molar refractivity (Wildman–Crippen MR) is 105 cm³/mol. The molecule has 1 amide bonds. The second kappa shape index (κ2) is 8.34. The van der Waals surface area contributed by atoms with Crippen molar-refractivity contribution in [3.8, 4) is 5.75 Å². The average Bonchev–Trinajstić information content (AvgIpc) is 3.12. The lowest BCUT2D eigenvalue weighted by Gasteiger charge is -2.12. The summed E-state index contributed by atoms with van der Waals surface area (Å²) in [6.07, 6.45) is 2.56. The molecule has 0 aliphatic heterocycles. The van der Waals surface area contributed by atoms with E-state index in [4.69, 9.17) is 9.15 Å². The topological polar surface area (TPSA) is 107 Å². The van der Waals surface area contributed by atoms with E-state index in [1.807, 2.05) is 31.2 Å². The van der Waals surface area contributed by atoms with Gasteiger partial charge in [-0.25, -0.2) is 5.43 Å². The number of nitro benzene ring substituents is 1. The van der Waals surface area contributed by atoms with Gasteiger partial charge in [0.15, 0.2) is 5.76 Å². The van der Waals surface area contributed by atoms with Crippen molar-refractivity contribution in [2.24, 2.45) is 5.10 Å². The average molecular weight is 381 g/mol. The highest BCUT2D eigenvalue weighted by atomic mass is 16.6. The van der Waals surface area contributed by atoms with Gasteiger partial charge in [0, 0.05) is 17.5 Å². The summed E-state index contributed by atoms with van der Waals surface area (Å²) >= 11 is 0. The first-order valence-corrected chi connectivity index (χ1v) is 8.74. The van der Waals surface area contributed by atoms with Crippen molar-refractivity contribution in [2.75, 3.05) is 0 Å². The summed E-state index contributed by atoms with van der Waals surface area (Å²) in [4.78, 5) is 22.5. The first kappa shape index (κ1) is 19.1. The summed E-state index contributed by atoms with van der Waals surface area (Å²) in [5.41, 5.74) is 3.48. The zero-order valence-corrected chi connectivity index (χ0v) is 15.4. The van der Waals surface area contributed by atoms with Crippen LogP contribution < -0.4 is 10.2 Å². The van der Waals surface area contributed by atoms with E-state index in [0.29, 0.717) is 11.0 Å². The van der Waals surface area contributed by atoms with Gasteiger partial charge in [0.1, 0.15) is 11.3 Å². The standard InChI is InChI=1S/C20H19N3O5/c1-3-13(2)27-17-7-4-14(5-8-17)12-21-22-20(24)19-11-15-10-16(23(25)26)6-9-18(15)28-19/h4-13H,3H2,1-2H3,(H,22,24)/b21-12-/t13-/m1/s1. The van der Waals surface area contributed by atoms with Gasteiger partial charge in [0.25, 0.3) is 5.69 Å². The quantitative estimate of drug-likeness (QED) is 0.373. The third-order valence-electron chi connectivity index (χ3n) is 4.11. The number of nitrogens with one attached hydrogen (secondary N) is 1. The van der Waals surface area contributed by atoms with Crippen molar-refractivity contribution in [1.82, 2.24) is 5.43 Å². The Morgan fingerprint density at radius 3 is 2.71 bits per heavy atom. The number of carbonyl (C=O) groups excluding carboxylic acids is 1. The molecule has 0 aliphatic rings. The van der Waals surface area contributed by atoms with Gasteiger partial charge < -0.3 is 9.15 Å². The number of carbonyl (C=O) groups is 1. The van der Waals surface area contributed by atoms with E-state index in [2.05, 4.69) is 17.5 Å². The molecule has 0 aliphatic carbocycles. The summed E-state index contributed by atoms with van der Waals surface area (Å²) in [7, 11) is 0. The minimum atomic E-state index is -0.549. The molecular weight excluding hydrogens is 362 g/mol. The van der Waals surface area contributed by atoms with Crippen molar-refractivity contribution < 1.29 is 18.9 Å². The van der Waals surface area contributed by atoms with Crippen LogP contribution in [-0.4, -0.2) is 23.1 Å². The molecular formula is C20H19N3O5. The smallest absolute Gasteiger partial charge is 0.307 e. The fourth-order valence-electron chi connectivity index (χ4n) is 2.42. The van der Waals surface area contributed by atoms with Crippen LogP contribution in [0, 0.1) is 10.1 Å². The van der Waals surface area contributed by atoms with Crippen LogP contribution in [0.1, 0.15) is 36.4 Å². The van der Waals surface area contributed by atoms with Gasteiger partial charge in [-0.3, -0.25) is 14.9 Å². The van der Waals surface area contributed by atoms with Gasteiger partial charge in [-0.1, -0.05) is 6.92 Å². The lowest BCUT2D eigenvalue weighted by atomic mass is 10.2. The molecule has 0 saturated heterocycles. The molecule has 2 aromatic carbocycles. The number of ether oxygens (including phenoxy) is 1. The number of furan rings is 1. The fourth-order valence-corrected chi connectivity index (χ4v) is 2.42. The molecule has 0 spiro atoms. The zero-order valence-electron chi connectivity index (χ0n) is 15.4. The van der Waals surface area contributed by atoms with Gasteiger partial charge in [-0.2, -0.15) is 5.10 Å². The Morgan fingerprint density at radius 2 is 2.04 bits per heavy atom. The number of rotatable bonds is 7. The number of fused-ring (bicyclic) bond motifs is 1. The Bertz CT molecular complexity index is 1020. The Balaban J connectivity index is 1.63. The van der Waals surface area contributed by atoms with Gasteiger partial charge in [-0.15, -0.1) is 0 Å². The second-order valence-corrected chi connectivity index (χ2v) is 6.19. The number of hydrogen-bond acceptors (Lipinski definition) is 6. The van der Waals surface area contributed by atoms with E-state index in [1.165, 1.54) is 30.5 Å². The SMILES string of the molecule is CC[C@@H](C)Oc1ccc(/C=N\NC(=O)c2cc3cc([N+](=O)[O-])ccc3o2)cc1. The van der Waals surface area contributed by atoms with Gasteiger partial charge in [-0.05, 0) is 55.3 Å². The summed E-state index contributed by atoms with van der Waals surface area (Å²) in [5.74, 6) is 0.240. The van der Waals surface area contributed by atoms with Crippen molar-refractivity contribution in [2.45, 2.75) is 26.4 Å². The second-order valence-electron chi connectivity index (χ2n) is 6.19. The lowest BCUT2D eigenvalue weighted by molar-refractivity contribution is -0.384. The van der Waals surface area contributed by atoms with E-state index < -0.39 is 10.8 Å². The van der Waals surface area contributed by atoms with Crippen molar-refractivity contribution in [3.05, 3.63) is 70.0 Å². The van der Waals surface area contributed by atoms with Crippen LogP contribution in [0.15, 0.2) is 58.0 Å². The molecule has 3 aromatic rings. The summed E-state index contributed by atoms with van der Waals surface area (Å²) in [6, 6.07) is 12.9. The van der Waals surface area contributed by atoms with E-state index >= 15 is 0 Å². The van der Waals surface area contributed by atoms with Crippen LogP contribution in [0.25, 0.3) is 11.0 Å². The van der Waals surface area contributed by atoms with Crippen LogP contribution in [0.5, 0.6) is 5.75 Å². The largest absolute Gasteiger partial charge is 0.491 e. The highest BCUT2D eigenvalue weighted by Gasteiger charge is 2.14. The summed E-state index contributed by atoms with van der Waals surface area (Å²) in [6.45, 7) is 4.05. The van der Waals surface area contributed by atoms with E-state index in [1.54, 1.807) is 0 Å².